The van der Waals surface area contributed by atoms with Crippen LogP contribution < -0.4 is 15.0 Å². The summed E-state index contributed by atoms with van der Waals surface area (Å²) < 4.78 is 5.28. The molecule has 4 nitrogen and oxygen atoms in total. The molecule has 1 aliphatic heterocycles. The Kier molecular flexibility index (Phi) is 6.10. The summed E-state index contributed by atoms with van der Waals surface area (Å²) in [5.41, 5.74) is 2.31. The predicted octanol–water partition coefficient (Wildman–Crippen LogP) is 2.61. The standard InChI is InChI=1S/C20H26N2O2S/c1-15-10-13-25-19(15)20(23)21-14-18(22-11-4-3-5-12-22)16-6-8-17(24-2)9-7-16/h6-10,13,18H,3-5,11-12,14H2,1-2H3,(H,21,23)/p+1/t18-/m0/s1. The second-order valence-corrected chi connectivity index (χ2v) is 7.60. The summed E-state index contributed by atoms with van der Waals surface area (Å²) in [6, 6.07) is 10.6. The zero-order valence-electron chi connectivity index (χ0n) is 15.0. The van der Waals surface area contributed by atoms with Crippen molar-refractivity contribution in [2.75, 3.05) is 26.7 Å². The quantitative estimate of drug-likeness (QED) is 0.833. The van der Waals surface area contributed by atoms with E-state index >= 15 is 0 Å². The summed E-state index contributed by atoms with van der Waals surface area (Å²) in [4.78, 5) is 14.9. The Bertz CT molecular complexity index is 690. The lowest BCUT2D eigenvalue weighted by atomic mass is 10.0. The van der Waals surface area contributed by atoms with Gasteiger partial charge in [-0.1, -0.05) is 0 Å². The van der Waals surface area contributed by atoms with Crippen molar-refractivity contribution < 1.29 is 14.4 Å². The molecular formula is C20H27N2O2S+. The molecule has 0 saturated carbocycles. The highest BCUT2D eigenvalue weighted by atomic mass is 32.1. The number of methoxy groups -OCH3 is 1. The molecule has 0 radical (unpaired) electrons. The molecule has 0 unspecified atom stereocenters. The van der Waals surface area contributed by atoms with Crippen LogP contribution in [0.3, 0.4) is 0 Å². The van der Waals surface area contributed by atoms with Crippen LogP contribution >= 0.6 is 11.3 Å². The second-order valence-electron chi connectivity index (χ2n) is 6.69. The third-order valence-corrected chi connectivity index (χ3v) is 6.06. The largest absolute Gasteiger partial charge is 0.497 e. The van der Waals surface area contributed by atoms with E-state index in [-0.39, 0.29) is 11.9 Å². The van der Waals surface area contributed by atoms with Crippen molar-refractivity contribution in [1.29, 1.82) is 0 Å². The molecule has 3 rings (SSSR count). The number of quaternary nitrogens is 1. The van der Waals surface area contributed by atoms with Gasteiger partial charge in [-0.3, -0.25) is 4.79 Å². The minimum absolute atomic E-state index is 0.0439. The van der Waals surface area contributed by atoms with Crippen molar-refractivity contribution in [1.82, 2.24) is 5.32 Å². The first-order chi connectivity index (χ1) is 12.2. The normalized spacial score (nSPS) is 16.4. The summed E-state index contributed by atoms with van der Waals surface area (Å²) in [5, 5.41) is 5.14. The number of likely N-dealkylation sites (tertiary alicyclic amines) is 1. The van der Waals surface area contributed by atoms with E-state index in [9.17, 15) is 4.79 Å². The molecule has 1 amide bonds. The first-order valence-electron chi connectivity index (χ1n) is 9.00. The number of piperidine rings is 1. The maximum Gasteiger partial charge on any atom is 0.261 e. The van der Waals surface area contributed by atoms with Gasteiger partial charge in [0.15, 0.2) is 0 Å². The lowest BCUT2D eigenvalue weighted by Crippen LogP contribution is -3.13. The first-order valence-corrected chi connectivity index (χ1v) is 9.88. The van der Waals surface area contributed by atoms with Gasteiger partial charge in [0.2, 0.25) is 0 Å². The van der Waals surface area contributed by atoms with Gasteiger partial charge in [0.25, 0.3) is 5.91 Å². The molecular weight excluding hydrogens is 332 g/mol. The van der Waals surface area contributed by atoms with Crippen LogP contribution in [0.15, 0.2) is 35.7 Å². The highest BCUT2D eigenvalue weighted by molar-refractivity contribution is 7.12. The molecule has 1 aromatic carbocycles. The van der Waals surface area contributed by atoms with E-state index in [4.69, 9.17) is 4.74 Å². The SMILES string of the molecule is COc1ccc([C@H](CNC(=O)c2sccc2C)[NH+]2CCCCC2)cc1. The first kappa shape index (κ1) is 18.0. The van der Waals surface area contributed by atoms with Crippen molar-refractivity contribution in [3.8, 4) is 5.75 Å². The monoisotopic (exact) mass is 359 g/mol. The molecule has 1 aliphatic rings. The number of rotatable bonds is 6. The van der Waals surface area contributed by atoms with Crippen LogP contribution in [-0.4, -0.2) is 32.7 Å². The minimum atomic E-state index is 0.0439. The third-order valence-electron chi connectivity index (χ3n) is 5.04. The Morgan fingerprint density at radius 2 is 1.92 bits per heavy atom. The van der Waals surface area contributed by atoms with Gasteiger partial charge >= 0.3 is 0 Å². The summed E-state index contributed by atoms with van der Waals surface area (Å²) in [7, 11) is 1.69. The van der Waals surface area contributed by atoms with Crippen molar-refractivity contribution in [3.63, 3.8) is 0 Å². The predicted molar refractivity (Wildman–Crippen MR) is 102 cm³/mol. The molecule has 1 atom stereocenters. The zero-order chi connectivity index (χ0) is 17.6. The number of thiophene rings is 1. The van der Waals surface area contributed by atoms with Crippen LogP contribution in [0.4, 0.5) is 0 Å². The van der Waals surface area contributed by atoms with E-state index in [1.54, 1.807) is 12.0 Å². The number of aryl methyl sites for hydroxylation is 1. The maximum absolute atomic E-state index is 12.5. The van der Waals surface area contributed by atoms with Crippen molar-refractivity contribution in [3.05, 3.63) is 51.7 Å². The molecule has 0 spiro atoms. The Labute approximate surface area is 153 Å². The van der Waals surface area contributed by atoms with Gasteiger partial charge in [-0.2, -0.15) is 0 Å². The van der Waals surface area contributed by atoms with Gasteiger partial charge < -0.3 is 15.0 Å². The number of benzene rings is 1. The van der Waals surface area contributed by atoms with Crippen molar-refractivity contribution in [2.24, 2.45) is 0 Å². The van der Waals surface area contributed by atoms with Crippen LogP contribution in [0.5, 0.6) is 5.75 Å². The van der Waals surface area contributed by atoms with Gasteiger partial charge in [-0.25, -0.2) is 0 Å². The number of carbonyl (C=O) groups is 1. The molecule has 134 valence electrons. The van der Waals surface area contributed by atoms with Gasteiger partial charge in [0.05, 0.1) is 31.6 Å². The topological polar surface area (TPSA) is 42.8 Å². The lowest BCUT2D eigenvalue weighted by Gasteiger charge is -2.32. The lowest BCUT2D eigenvalue weighted by molar-refractivity contribution is -0.935. The molecule has 25 heavy (non-hydrogen) atoms. The van der Waals surface area contributed by atoms with Crippen molar-refractivity contribution >= 4 is 17.2 Å². The second kappa shape index (κ2) is 8.50. The highest BCUT2D eigenvalue weighted by Gasteiger charge is 2.27. The number of hydrogen-bond donors (Lipinski definition) is 2. The van der Waals surface area contributed by atoms with Crippen LogP contribution in [0.2, 0.25) is 0 Å². The minimum Gasteiger partial charge on any atom is -0.497 e. The molecule has 5 heteroatoms. The number of amides is 1. The fourth-order valence-electron chi connectivity index (χ4n) is 3.57. The Hall–Kier alpha value is -1.85. The molecule has 0 bridgehead atoms. The van der Waals surface area contributed by atoms with E-state index in [0.29, 0.717) is 6.54 Å². The third kappa shape index (κ3) is 4.41. The molecule has 1 fully saturated rings. The highest BCUT2D eigenvalue weighted by Crippen LogP contribution is 2.18. The fraction of sp³-hybridized carbons (Fsp3) is 0.450. The number of nitrogens with one attached hydrogen (secondary N) is 2. The summed E-state index contributed by atoms with van der Waals surface area (Å²) in [6.45, 7) is 5.00. The van der Waals surface area contributed by atoms with Crippen LogP contribution in [0, 0.1) is 6.92 Å². The molecule has 1 aromatic heterocycles. The van der Waals surface area contributed by atoms with Crippen molar-refractivity contribution in [2.45, 2.75) is 32.2 Å². The van der Waals surface area contributed by atoms with Gasteiger partial charge in [0, 0.05) is 5.56 Å². The van der Waals surface area contributed by atoms with E-state index < -0.39 is 0 Å². The average molecular weight is 360 g/mol. The summed E-state index contributed by atoms with van der Waals surface area (Å²) >= 11 is 1.51. The smallest absolute Gasteiger partial charge is 0.261 e. The molecule has 2 N–H and O–H groups in total. The average Bonchev–Trinajstić information content (AvgIpc) is 3.09. The van der Waals surface area contributed by atoms with Gasteiger partial charge in [-0.15, -0.1) is 11.3 Å². The van der Waals surface area contributed by atoms with E-state index in [1.807, 2.05) is 30.5 Å². The van der Waals surface area contributed by atoms with Crippen LogP contribution in [0.1, 0.15) is 46.1 Å². The number of ether oxygens (including phenoxy) is 1. The van der Waals surface area contributed by atoms with Gasteiger partial charge in [0.1, 0.15) is 11.8 Å². The molecule has 2 heterocycles. The zero-order valence-corrected chi connectivity index (χ0v) is 15.8. The van der Waals surface area contributed by atoms with Gasteiger partial charge in [-0.05, 0) is 67.5 Å². The number of hydrogen-bond acceptors (Lipinski definition) is 3. The number of carbonyl (C=O) groups excluding carboxylic acids is 1. The summed E-state index contributed by atoms with van der Waals surface area (Å²) in [5.74, 6) is 0.914. The van der Waals surface area contributed by atoms with Crippen LogP contribution in [0.25, 0.3) is 0 Å². The Balaban J connectivity index is 1.73. The Morgan fingerprint density at radius 3 is 2.52 bits per heavy atom. The maximum atomic E-state index is 12.5. The molecule has 2 aromatic rings. The van der Waals surface area contributed by atoms with E-state index in [1.165, 1.54) is 49.3 Å². The van der Waals surface area contributed by atoms with Crippen LogP contribution in [-0.2, 0) is 0 Å². The molecule has 1 saturated heterocycles. The summed E-state index contributed by atoms with van der Waals surface area (Å²) in [6.07, 6.45) is 3.85. The molecule has 0 aliphatic carbocycles. The fourth-order valence-corrected chi connectivity index (χ4v) is 4.41. The van der Waals surface area contributed by atoms with E-state index in [0.717, 1.165) is 16.2 Å². The Morgan fingerprint density at radius 1 is 1.20 bits per heavy atom. The van der Waals surface area contributed by atoms with E-state index in [2.05, 4.69) is 17.4 Å².